The number of carbonyl (C=O) groups excluding carboxylic acids is 6. The molecule has 9 atom stereocenters. The van der Waals surface area contributed by atoms with E-state index in [1.807, 2.05) is 13.0 Å². The third-order valence-corrected chi connectivity index (χ3v) is 16.6. The van der Waals surface area contributed by atoms with Crippen LogP contribution in [0.2, 0.25) is 0 Å². The Labute approximate surface area is 482 Å². The second-order valence-electron chi connectivity index (χ2n) is 22.3. The number of aromatic amines is 1. The lowest BCUT2D eigenvalue weighted by Gasteiger charge is -2.40. The number of ether oxygens (including phenoxy) is 5. The molecule has 3 aromatic carbocycles. The van der Waals surface area contributed by atoms with E-state index in [1.165, 1.54) is 68.0 Å². The van der Waals surface area contributed by atoms with Gasteiger partial charge in [0.05, 0.1) is 60.0 Å². The van der Waals surface area contributed by atoms with Crippen LogP contribution in [0.5, 0.6) is 11.5 Å². The lowest BCUT2D eigenvalue weighted by molar-refractivity contribution is -0.137. The minimum Gasteiger partial charge on any atom is -0.507 e. The number of allylic oxidation sites excluding steroid dienone is 4. The molecule has 3 amide bonds. The number of aromatic nitrogens is 1. The molecule has 6 N–H and O–H groups in total. The third-order valence-electron chi connectivity index (χ3n) is 16.6. The predicted molar refractivity (Wildman–Crippen MR) is 302 cm³/mol. The Morgan fingerprint density at radius 1 is 0.821 bits per heavy atom. The summed E-state index contributed by atoms with van der Waals surface area (Å²) in [5, 5.41) is 41.6. The van der Waals surface area contributed by atoms with Gasteiger partial charge in [-0.25, -0.2) is 4.79 Å². The fraction of sp³-hybridized carbons (Fsp3) is 0.443. The number of nitrogens with one attached hydrogen (secondary N) is 3. The van der Waals surface area contributed by atoms with Crippen molar-refractivity contribution >= 4 is 57.5 Å². The highest BCUT2D eigenvalue weighted by Crippen LogP contribution is 2.49. The highest BCUT2D eigenvalue weighted by atomic mass is 19.4. The Balaban J connectivity index is 0.983. The lowest BCUT2D eigenvalue weighted by atomic mass is 9.78. The maximum atomic E-state index is 14.9. The normalized spacial score (nSPS) is 26.5. The lowest BCUT2D eigenvalue weighted by Crippen LogP contribution is -2.52. The number of hydrogen-bond acceptors (Lipinski definition) is 16. The van der Waals surface area contributed by atoms with Crippen LogP contribution >= 0.6 is 0 Å². The first-order valence-electron chi connectivity index (χ1n) is 27.8. The number of aliphatic hydroxyl groups excluding tert-OH is 2. The van der Waals surface area contributed by atoms with Gasteiger partial charge in [0.1, 0.15) is 29.0 Å². The van der Waals surface area contributed by atoms with Crippen molar-refractivity contribution in [2.45, 2.75) is 91.8 Å². The number of aromatic hydroxyl groups is 1. The van der Waals surface area contributed by atoms with Gasteiger partial charge < -0.3 is 69.3 Å². The number of amides is 3. The summed E-state index contributed by atoms with van der Waals surface area (Å²) in [5.74, 6) is -10.6. The molecule has 10 rings (SSSR count). The number of H-pyrrole nitrogens is 1. The number of fused-ring (bicyclic) bond motifs is 15. The van der Waals surface area contributed by atoms with Crippen molar-refractivity contribution in [1.29, 1.82) is 0 Å². The van der Waals surface area contributed by atoms with Gasteiger partial charge in [0, 0.05) is 122 Å². The van der Waals surface area contributed by atoms with Gasteiger partial charge in [-0.2, -0.15) is 13.2 Å². The standard InChI is InChI=1S/C61H69F3N6O14/c1-30-11-10-12-31(2)57(77)67-47-48(69-22-25-81-26-23-69)53(75)44-45(52(47)74)51(73)36(7)55-46(44)56(76)60(8,84-55)82-24-17-43(80-9)33(4)54(35(6)50(72)34(5)49(30)71)83-59(79)70-20-18-68(19-21-70)42-16-13-37(29-40(42)61(62,63)64)58(78)66-39-14-15-41-38(28-39)27-32(3)65-41/h10-17,24,27-30,33-35,43,49-50,54,65,71-73H,18-23,25-26H2,1-9H3,(H,66,78)(H,67,77)/t30-,33+,34+,35+,43-,49-,50+,54+,60-/m0/s1. The number of benzene rings is 3. The summed E-state index contributed by atoms with van der Waals surface area (Å²) in [4.78, 5) is 93.4. The van der Waals surface area contributed by atoms with Gasteiger partial charge in [0.2, 0.25) is 11.6 Å². The van der Waals surface area contributed by atoms with Gasteiger partial charge in [-0.1, -0.05) is 45.9 Å². The van der Waals surface area contributed by atoms with Crippen LogP contribution in [0.15, 0.2) is 90.0 Å². The van der Waals surface area contributed by atoms with Crippen molar-refractivity contribution in [3.05, 3.63) is 129 Å². The van der Waals surface area contributed by atoms with Crippen molar-refractivity contribution in [3.8, 4) is 11.5 Å². The number of Topliss-reactive ketones (excluding diaryl/α,β-unsaturated/α-hetero) is 3. The highest BCUT2D eigenvalue weighted by molar-refractivity contribution is 6.32. The first-order chi connectivity index (χ1) is 39.7. The van der Waals surface area contributed by atoms with Gasteiger partial charge in [-0.15, -0.1) is 0 Å². The SMILES string of the molecule is CO[C@H]1C=CO[C@@]2(C)Oc3c(C)c(O)c4c(c3C2=O)C(=O)C(N2CCOCC2)=C(NC(=O)C(C)=CC=C[C@H](C)[C@H](O)[C@@H](C)[C@@H](O)[C@@H](C)[C@H](OC(=O)N2CCN(c3ccc(C(=O)Nc5ccc6[nH]c(C)cc6c5)cc3C(F)(F)F)CC2)[C@@H]1C)C4=O. The number of methoxy groups -OCH3 is 1. The third kappa shape index (κ3) is 11.7. The maximum Gasteiger partial charge on any atom is 0.418 e. The molecule has 2 saturated heterocycles. The molecule has 4 aromatic rings. The monoisotopic (exact) mass is 1170 g/mol. The minimum absolute atomic E-state index is 0.0599. The quantitative estimate of drug-likeness (QED) is 0.108. The number of piperazine rings is 1. The Morgan fingerprint density at radius 2 is 1.52 bits per heavy atom. The second-order valence-corrected chi connectivity index (χ2v) is 22.3. The summed E-state index contributed by atoms with van der Waals surface area (Å²) in [6.07, 6.45) is -3.43. The van der Waals surface area contributed by atoms with Crippen LogP contribution in [0.25, 0.3) is 10.9 Å². The number of phenols is 1. The minimum atomic E-state index is -4.86. The molecule has 1 aromatic heterocycles. The van der Waals surface area contributed by atoms with E-state index in [1.54, 1.807) is 56.9 Å². The average molecular weight is 1170 g/mol. The number of ketones is 3. The molecule has 2 fully saturated rings. The van der Waals surface area contributed by atoms with E-state index in [2.05, 4.69) is 15.6 Å². The summed E-state index contributed by atoms with van der Waals surface area (Å²) in [6, 6.07) is 10.4. The van der Waals surface area contributed by atoms with E-state index in [4.69, 9.17) is 23.7 Å². The summed E-state index contributed by atoms with van der Waals surface area (Å²) >= 11 is 0. The van der Waals surface area contributed by atoms with E-state index in [0.717, 1.165) is 28.9 Å². The van der Waals surface area contributed by atoms with Crippen molar-refractivity contribution < 1.29 is 80.9 Å². The summed E-state index contributed by atoms with van der Waals surface area (Å²) in [6.45, 7) is 13.0. The zero-order chi connectivity index (χ0) is 60.9. The molecule has 20 nitrogen and oxygen atoms in total. The van der Waals surface area contributed by atoms with E-state index >= 15 is 0 Å². The molecule has 6 aliphatic rings. The van der Waals surface area contributed by atoms with Crippen LogP contribution in [-0.4, -0.2) is 155 Å². The Hall–Kier alpha value is -7.99. The Kier molecular flexibility index (Phi) is 17.3. The first kappa shape index (κ1) is 60.6. The maximum absolute atomic E-state index is 14.9. The molecule has 23 heteroatoms. The smallest absolute Gasteiger partial charge is 0.418 e. The second kappa shape index (κ2) is 23.9. The number of nitrogens with zero attached hydrogens (tertiary/aromatic N) is 3. The number of aryl methyl sites for hydroxylation is 1. The average Bonchev–Trinajstić information content (AvgIpc) is 1.44. The predicted octanol–water partition coefficient (Wildman–Crippen LogP) is 7.75. The van der Waals surface area contributed by atoms with Crippen LogP contribution in [0, 0.1) is 37.5 Å². The van der Waals surface area contributed by atoms with Crippen LogP contribution in [0.4, 0.5) is 29.3 Å². The molecule has 1 aliphatic carbocycles. The molecule has 5 bridgehead atoms. The number of alkyl halides is 3. The summed E-state index contributed by atoms with van der Waals surface area (Å²) in [5.41, 5.74) is -1.19. The number of hydrogen-bond donors (Lipinski definition) is 6. The van der Waals surface area contributed by atoms with Gasteiger partial charge in [-0.05, 0) is 69.3 Å². The van der Waals surface area contributed by atoms with Gasteiger partial charge in [0.25, 0.3) is 17.6 Å². The Bertz CT molecular complexity index is 3430. The molecular weight excluding hydrogens is 1100 g/mol. The molecule has 0 radical (unpaired) electrons. The fourth-order valence-corrected chi connectivity index (χ4v) is 11.6. The number of rotatable bonds is 6. The number of morpholine rings is 1. The number of phenolic OH excluding ortho intramolecular Hbond substituents is 1. The van der Waals surface area contributed by atoms with Crippen molar-refractivity contribution in [2.24, 2.45) is 23.7 Å². The molecule has 0 unspecified atom stereocenters. The van der Waals surface area contributed by atoms with Crippen LogP contribution < -0.4 is 20.3 Å². The highest BCUT2D eigenvalue weighted by Gasteiger charge is 2.53. The Morgan fingerprint density at radius 3 is 2.20 bits per heavy atom. The molecule has 0 spiro atoms. The molecule has 84 heavy (non-hydrogen) atoms. The molecule has 5 aliphatic heterocycles. The van der Waals surface area contributed by atoms with Crippen molar-refractivity contribution in [1.82, 2.24) is 20.1 Å². The summed E-state index contributed by atoms with van der Waals surface area (Å²) in [7, 11) is 1.36. The number of carbonyl (C=O) groups is 6. The van der Waals surface area contributed by atoms with Gasteiger partial charge in [-0.3, -0.25) is 24.0 Å². The summed E-state index contributed by atoms with van der Waals surface area (Å²) < 4.78 is 74.4. The fourth-order valence-electron chi connectivity index (χ4n) is 11.6. The van der Waals surface area contributed by atoms with Crippen LogP contribution in [0.3, 0.4) is 0 Å². The van der Waals surface area contributed by atoms with Gasteiger partial charge in [0.15, 0.2) is 0 Å². The molecule has 6 heterocycles. The first-order valence-corrected chi connectivity index (χ1v) is 27.8. The molecule has 448 valence electrons. The van der Waals surface area contributed by atoms with Gasteiger partial charge >= 0.3 is 18.1 Å². The topological polar surface area (TPSA) is 259 Å². The van der Waals surface area contributed by atoms with E-state index < -0.39 is 123 Å². The number of aliphatic hydroxyl groups is 2. The van der Waals surface area contributed by atoms with E-state index in [9.17, 15) is 57.3 Å². The van der Waals surface area contributed by atoms with Crippen molar-refractivity contribution in [3.63, 3.8) is 0 Å². The van der Waals surface area contributed by atoms with E-state index in [-0.39, 0.29) is 91.9 Å². The zero-order valence-corrected chi connectivity index (χ0v) is 48.0. The number of anilines is 2. The number of halogens is 3. The largest absolute Gasteiger partial charge is 0.507 e. The molecule has 0 saturated carbocycles. The zero-order valence-electron chi connectivity index (χ0n) is 48.0. The van der Waals surface area contributed by atoms with Crippen LogP contribution in [-0.2, 0) is 29.9 Å². The van der Waals surface area contributed by atoms with Crippen molar-refractivity contribution in [2.75, 3.05) is 69.8 Å². The van der Waals surface area contributed by atoms with Crippen LogP contribution in [0.1, 0.15) is 99.8 Å². The molecular formula is C61H69F3N6O14. The van der Waals surface area contributed by atoms with E-state index in [0.29, 0.717) is 5.69 Å².